The number of sulfonamides is 1. The lowest BCUT2D eigenvalue weighted by molar-refractivity contribution is -0.385. The fraction of sp³-hybridized carbons (Fsp3) is 0.294. The summed E-state index contributed by atoms with van der Waals surface area (Å²) in [4.78, 5) is 10.6. The maximum atomic E-state index is 12.7. The minimum Gasteiger partial charge on any atom is -0.497 e. The van der Waals surface area contributed by atoms with E-state index in [1.807, 2.05) is 0 Å². The Morgan fingerprint density at radius 3 is 2.48 bits per heavy atom. The third-order valence-electron chi connectivity index (χ3n) is 4.00. The molecule has 0 amide bonds. The summed E-state index contributed by atoms with van der Waals surface area (Å²) in [6.07, 6.45) is 0. The van der Waals surface area contributed by atoms with E-state index in [9.17, 15) is 18.5 Å². The number of benzene rings is 2. The Kier molecular flexibility index (Phi) is 5.59. The zero-order valence-corrected chi connectivity index (χ0v) is 15.3. The van der Waals surface area contributed by atoms with Gasteiger partial charge in [0.15, 0.2) is 0 Å². The number of morpholine rings is 1. The highest BCUT2D eigenvalue weighted by Crippen LogP contribution is 2.35. The van der Waals surface area contributed by atoms with Crippen molar-refractivity contribution in [2.24, 2.45) is 0 Å². The molecule has 10 heteroatoms. The van der Waals surface area contributed by atoms with Crippen molar-refractivity contribution in [3.8, 4) is 17.2 Å². The molecule has 1 fully saturated rings. The Balaban J connectivity index is 1.94. The molecule has 1 saturated heterocycles. The van der Waals surface area contributed by atoms with Crippen molar-refractivity contribution < 1.29 is 27.6 Å². The van der Waals surface area contributed by atoms with Crippen molar-refractivity contribution in [2.45, 2.75) is 4.90 Å². The van der Waals surface area contributed by atoms with Gasteiger partial charge in [0, 0.05) is 25.2 Å². The summed E-state index contributed by atoms with van der Waals surface area (Å²) in [5.74, 6) is 0.803. The second-order valence-corrected chi connectivity index (χ2v) is 7.62. The number of hydrogen-bond acceptors (Lipinski definition) is 7. The summed E-state index contributed by atoms with van der Waals surface area (Å²) >= 11 is 0. The Morgan fingerprint density at radius 2 is 1.81 bits per heavy atom. The van der Waals surface area contributed by atoms with Gasteiger partial charge in [0.1, 0.15) is 11.5 Å². The first-order chi connectivity index (χ1) is 12.9. The molecule has 0 saturated carbocycles. The van der Waals surface area contributed by atoms with E-state index in [1.54, 1.807) is 24.3 Å². The Morgan fingerprint density at radius 1 is 1.11 bits per heavy atom. The molecule has 0 bridgehead atoms. The number of methoxy groups -OCH3 is 1. The van der Waals surface area contributed by atoms with Crippen molar-refractivity contribution in [1.82, 2.24) is 4.31 Å². The van der Waals surface area contributed by atoms with Crippen LogP contribution in [-0.2, 0) is 14.8 Å². The van der Waals surface area contributed by atoms with Crippen LogP contribution < -0.4 is 9.47 Å². The van der Waals surface area contributed by atoms with Crippen molar-refractivity contribution >= 4 is 15.7 Å². The Hall–Kier alpha value is -2.69. The standard InChI is InChI=1S/C17H18N2O7S/c1-24-13-3-2-4-14(11-13)26-17-6-5-15(12-16(17)19(20)21)27(22,23)18-7-9-25-10-8-18/h2-6,11-12H,7-10H2,1H3. The number of rotatable bonds is 6. The average Bonchev–Trinajstić information content (AvgIpc) is 2.68. The van der Waals surface area contributed by atoms with Gasteiger partial charge < -0.3 is 14.2 Å². The van der Waals surface area contributed by atoms with Crippen LogP contribution in [0.2, 0.25) is 0 Å². The molecule has 144 valence electrons. The van der Waals surface area contributed by atoms with E-state index in [-0.39, 0.29) is 23.7 Å². The first-order valence-electron chi connectivity index (χ1n) is 8.10. The van der Waals surface area contributed by atoms with Gasteiger partial charge in [-0.05, 0) is 24.3 Å². The lowest BCUT2D eigenvalue weighted by Crippen LogP contribution is -2.40. The third kappa shape index (κ3) is 4.18. The topological polar surface area (TPSA) is 108 Å². The van der Waals surface area contributed by atoms with Crippen LogP contribution in [0.25, 0.3) is 0 Å². The summed E-state index contributed by atoms with van der Waals surface area (Å²) in [5.41, 5.74) is -0.438. The highest BCUT2D eigenvalue weighted by atomic mass is 32.2. The van der Waals surface area contributed by atoms with Crippen LogP contribution in [0.3, 0.4) is 0 Å². The van der Waals surface area contributed by atoms with Crippen molar-refractivity contribution in [3.05, 3.63) is 52.6 Å². The van der Waals surface area contributed by atoms with Gasteiger partial charge in [-0.25, -0.2) is 8.42 Å². The molecule has 9 nitrogen and oxygen atoms in total. The SMILES string of the molecule is COc1cccc(Oc2ccc(S(=O)(=O)N3CCOCC3)cc2[N+](=O)[O-])c1. The molecule has 1 aliphatic rings. The number of nitro groups is 1. The molecule has 3 rings (SSSR count). The molecule has 1 aliphatic heterocycles. The minimum atomic E-state index is -3.85. The van der Waals surface area contributed by atoms with Crippen LogP contribution in [0, 0.1) is 10.1 Å². The molecule has 0 N–H and O–H groups in total. The Bertz CT molecular complexity index is 940. The maximum absolute atomic E-state index is 12.7. The summed E-state index contributed by atoms with van der Waals surface area (Å²) in [6.45, 7) is 0.993. The van der Waals surface area contributed by atoms with Crippen LogP contribution in [-0.4, -0.2) is 51.1 Å². The molecule has 0 atom stereocenters. The summed E-state index contributed by atoms with van der Waals surface area (Å²) in [7, 11) is -2.35. The molecular weight excluding hydrogens is 376 g/mol. The van der Waals surface area contributed by atoms with Crippen molar-refractivity contribution in [2.75, 3.05) is 33.4 Å². The predicted molar refractivity (Wildman–Crippen MR) is 95.7 cm³/mol. The quantitative estimate of drug-likeness (QED) is 0.547. The van der Waals surface area contributed by atoms with E-state index in [2.05, 4.69) is 0 Å². The Labute approximate surface area is 156 Å². The van der Waals surface area contributed by atoms with Gasteiger partial charge in [0.2, 0.25) is 15.8 Å². The highest BCUT2D eigenvalue weighted by molar-refractivity contribution is 7.89. The van der Waals surface area contributed by atoms with Gasteiger partial charge in [-0.3, -0.25) is 10.1 Å². The smallest absolute Gasteiger partial charge is 0.312 e. The maximum Gasteiger partial charge on any atom is 0.312 e. The zero-order valence-electron chi connectivity index (χ0n) is 14.5. The van der Waals surface area contributed by atoms with E-state index < -0.39 is 20.6 Å². The second-order valence-electron chi connectivity index (χ2n) is 5.68. The predicted octanol–water partition coefficient (Wildman–Crippen LogP) is 2.42. The normalized spacial score (nSPS) is 15.3. The van der Waals surface area contributed by atoms with Crippen LogP contribution in [0.1, 0.15) is 0 Å². The first-order valence-corrected chi connectivity index (χ1v) is 9.54. The molecule has 2 aromatic rings. The van der Waals surface area contributed by atoms with Crippen molar-refractivity contribution in [3.63, 3.8) is 0 Å². The average molecular weight is 394 g/mol. The van der Waals surface area contributed by atoms with E-state index in [1.165, 1.54) is 23.5 Å². The number of hydrogen-bond donors (Lipinski definition) is 0. The second kappa shape index (κ2) is 7.91. The monoisotopic (exact) mass is 394 g/mol. The third-order valence-corrected chi connectivity index (χ3v) is 5.90. The van der Waals surface area contributed by atoms with E-state index in [4.69, 9.17) is 14.2 Å². The minimum absolute atomic E-state index is 0.0609. The molecule has 2 aromatic carbocycles. The molecular formula is C17H18N2O7S. The molecule has 0 spiro atoms. The fourth-order valence-corrected chi connectivity index (χ4v) is 4.04. The molecule has 1 heterocycles. The van der Waals surface area contributed by atoms with Crippen LogP contribution >= 0.6 is 0 Å². The highest BCUT2D eigenvalue weighted by Gasteiger charge is 2.29. The van der Waals surface area contributed by atoms with E-state index >= 15 is 0 Å². The first kappa shape index (κ1) is 19.1. The van der Waals surface area contributed by atoms with Crippen LogP contribution in [0.4, 0.5) is 5.69 Å². The zero-order chi connectivity index (χ0) is 19.4. The van der Waals surface area contributed by atoms with Gasteiger partial charge in [0.05, 0.1) is 30.1 Å². The van der Waals surface area contributed by atoms with Gasteiger partial charge in [-0.1, -0.05) is 6.07 Å². The largest absolute Gasteiger partial charge is 0.497 e. The molecule has 0 unspecified atom stereocenters. The summed E-state index contributed by atoms with van der Waals surface area (Å²) < 4.78 is 42.5. The van der Waals surface area contributed by atoms with E-state index in [0.717, 1.165) is 6.07 Å². The van der Waals surface area contributed by atoms with Gasteiger partial charge >= 0.3 is 5.69 Å². The van der Waals surface area contributed by atoms with Gasteiger partial charge in [-0.15, -0.1) is 0 Å². The lowest BCUT2D eigenvalue weighted by atomic mass is 10.3. The number of nitrogens with zero attached hydrogens (tertiary/aromatic N) is 2. The van der Waals surface area contributed by atoms with Crippen LogP contribution in [0.5, 0.6) is 17.2 Å². The van der Waals surface area contributed by atoms with Gasteiger partial charge in [0.25, 0.3) is 0 Å². The molecule has 0 aromatic heterocycles. The molecule has 0 radical (unpaired) electrons. The molecule has 27 heavy (non-hydrogen) atoms. The van der Waals surface area contributed by atoms with Gasteiger partial charge in [-0.2, -0.15) is 4.31 Å². The lowest BCUT2D eigenvalue weighted by Gasteiger charge is -2.26. The summed E-state index contributed by atoms with van der Waals surface area (Å²) in [5, 5.41) is 11.5. The number of nitro benzene ring substituents is 1. The molecule has 0 aliphatic carbocycles. The van der Waals surface area contributed by atoms with Crippen LogP contribution in [0.15, 0.2) is 47.4 Å². The van der Waals surface area contributed by atoms with E-state index in [0.29, 0.717) is 24.7 Å². The summed E-state index contributed by atoms with van der Waals surface area (Å²) in [6, 6.07) is 10.2. The van der Waals surface area contributed by atoms with Crippen molar-refractivity contribution in [1.29, 1.82) is 0 Å². The number of ether oxygens (including phenoxy) is 3. The fourth-order valence-electron chi connectivity index (χ4n) is 2.61.